The summed E-state index contributed by atoms with van der Waals surface area (Å²) in [5.41, 5.74) is 1.72. The standard InChI is InChI=1S/C25H30N2O4/c1-3-4-15-27(2)21(25(29)26-16-19-11-7-5-6-8-12-19)18-30-24-20-13-9-10-14-22(20)31-23(24)17-28/h5-11,13-14,17,21H,3-4,12,15-16,18H2,1-2H3,(H,26,29). The van der Waals surface area contributed by atoms with E-state index in [-0.39, 0.29) is 18.3 Å². The minimum Gasteiger partial charge on any atom is -0.487 e. The number of ether oxygens (including phenoxy) is 1. The molecule has 164 valence electrons. The van der Waals surface area contributed by atoms with Crippen LogP contribution in [0.15, 0.2) is 64.6 Å². The summed E-state index contributed by atoms with van der Waals surface area (Å²) in [7, 11) is 1.92. The van der Waals surface area contributed by atoms with E-state index < -0.39 is 6.04 Å². The van der Waals surface area contributed by atoms with Gasteiger partial charge in [0.2, 0.25) is 11.7 Å². The highest BCUT2D eigenvalue weighted by atomic mass is 16.5. The second kappa shape index (κ2) is 11.3. The summed E-state index contributed by atoms with van der Waals surface area (Å²) < 4.78 is 11.6. The lowest BCUT2D eigenvalue weighted by atomic mass is 10.1. The molecule has 0 spiro atoms. The van der Waals surface area contributed by atoms with Crippen LogP contribution in [0.2, 0.25) is 0 Å². The van der Waals surface area contributed by atoms with Crippen LogP contribution in [-0.2, 0) is 4.79 Å². The Labute approximate surface area is 183 Å². The van der Waals surface area contributed by atoms with Crippen molar-refractivity contribution in [3.8, 4) is 5.75 Å². The van der Waals surface area contributed by atoms with Crippen LogP contribution in [-0.4, -0.2) is 49.9 Å². The molecule has 1 atom stereocenters. The summed E-state index contributed by atoms with van der Waals surface area (Å²) in [5.74, 6) is 0.421. The topological polar surface area (TPSA) is 71.8 Å². The highest BCUT2D eigenvalue weighted by molar-refractivity contribution is 5.93. The first-order chi connectivity index (χ1) is 15.1. The number of benzene rings is 1. The van der Waals surface area contributed by atoms with Crippen LogP contribution in [0.5, 0.6) is 5.75 Å². The number of hydrogen-bond acceptors (Lipinski definition) is 5. The van der Waals surface area contributed by atoms with Crippen molar-refractivity contribution < 1.29 is 18.7 Å². The predicted octanol–water partition coefficient (Wildman–Crippen LogP) is 4.28. The number of aldehydes is 1. The molecule has 0 saturated carbocycles. The van der Waals surface area contributed by atoms with Crippen molar-refractivity contribution in [2.45, 2.75) is 32.2 Å². The Balaban J connectivity index is 1.72. The Morgan fingerprint density at radius 1 is 1.29 bits per heavy atom. The maximum atomic E-state index is 13.1. The van der Waals surface area contributed by atoms with Crippen LogP contribution >= 0.6 is 0 Å². The van der Waals surface area contributed by atoms with E-state index in [0.717, 1.165) is 36.8 Å². The van der Waals surface area contributed by atoms with Crippen molar-refractivity contribution in [1.29, 1.82) is 0 Å². The van der Waals surface area contributed by atoms with Gasteiger partial charge in [-0.05, 0) is 44.1 Å². The van der Waals surface area contributed by atoms with Gasteiger partial charge in [-0.15, -0.1) is 0 Å². The third kappa shape index (κ3) is 5.95. The molecule has 31 heavy (non-hydrogen) atoms. The number of carbonyl (C=O) groups excluding carboxylic acids is 2. The summed E-state index contributed by atoms with van der Waals surface area (Å²) in [6.45, 7) is 3.50. The van der Waals surface area contributed by atoms with Crippen molar-refractivity contribution in [1.82, 2.24) is 10.2 Å². The summed E-state index contributed by atoms with van der Waals surface area (Å²) in [4.78, 5) is 26.5. The molecular weight excluding hydrogens is 392 g/mol. The summed E-state index contributed by atoms with van der Waals surface area (Å²) in [5, 5.41) is 3.77. The van der Waals surface area contributed by atoms with Gasteiger partial charge in [0.25, 0.3) is 0 Å². The minimum absolute atomic E-state index is 0.0998. The molecule has 3 rings (SSSR count). The summed E-state index contributed by atoms with van der Waals surface area (Å²) >= 11 is 0. The fourth-order valence-corrected chi connectivity index (χ4v) is 3.47. The van der Waals surface area contributed by atoms with Crippen LogP contribution in [0.25, 0.3) is 11.0 Å². The average molecular weight is 423 g/mol. The number of fused-ring (bicyclic) bond motifs is 1. The maximum Gasteiger partial charge on any atom is 0.241 e. The van der Waals surface area contributed by atoms with Gasteiger partial charge in [-0.25, -0.2) is 0 Å². The molecule has 6 heteroatoms. The van der Waals surface area contributed by atoms with E-state index in [1.807, 2.05) is 54.5 Å². The van der Waals surface area contributed by atoms with Crippen LogP contribution in [0, 0.1) is 0 Å². The molecular formula is C25H30N2O4. The Bertz CT molecular complexity index is 987. The van der Waals surface area contributed by atoms with Gasteiger partial charge in [-0.2, -0.15) is 0 Å². The van der Waals surface area contributed by atoms with Crippen LogP contribution in [0.3, 0.4) is 0 Å². The molecule has 1 aliphatic carbocycles. The van der Waals surface area contributed by atoms with E-state index in [0.29, 0.717) is 24.2 Å². The Hall–Kier alpha value is -3.12. The monoisotopic (exact) mass is 422 g/mol. The van der Waals surface area contributed by atoms with Crippen LogP contribution < -0.4 is 10.1 Å². The first-order valence-electron chi connectivity index (χ1n) is 10.7. The lowest BCUT2D eigenvalue weighted by Gasteiger charge is -2.27. The summed E-state index contributed by atoms with van der Waals surface area (Å²) in [6, 6.07) is 6.84. The zero-order chi connectivity index (χ0) is 22.1. The minimum atomic E-state index is -0.489. The number of furan rings is 1. The lowest BCUT2D eigenvalue weighted by Crippen LogP contribution is -2.49. The highest BCUT2D eigenvalue weighted by Crippen LogP contribution is 2.32. The van der Waals surface area contributed by atoms with Crippen molar-refractivity contribution in [2.24, 2.45) is 0 Å². The maximum absolute atomic E-state index is 13.1. The van der Waals surface area contributed by atoms with Crippen LogP contribution in [0.4, 0.5) is 0 Å². The number of rotatable bonds is 11. The number of likely N-dealkylation sites (N-methyl/N-ethyl adjacent to an activating group) is 1. The van der Waals surface area contributed by atoms with Gasteiger partial charge in [-0.3, -0.25) is 14.5 Å². The third-order valence-electron chi connectivity index (χ3n) is 5.33. The zero-order valence-corrected chi connectivity index (χ0v) is 18.2. The van der Waals surface area contributed by atoms with E-state index in [4.69, 9.17) is 9.15 Å². The Morgan fingerprint density at radius 2 is 2.13 bits per heavy atom. The highest BCUT2D eigenvalue weighted by Gasteiger charge is 2.25. The second-order valence-corrected chi connectivity index (χ2v) is 7.63. The summed E-state index contributed by atoms with van der Waals surface area (Å²) in [6.07, 6.45) is 13.5. The van der Waals surface area contributed by atoms with Gasteiger partial charge >= 0.3 is 0 Å². The largest absolute Gasteiger partial charge is 0.487 e. The molecule has 1 amide bonds. The quantitative estimate of drug-likeness (QED) is 0.547. The first-order valence-corrected chi connectivity index (χ1v) is 10.7. The van der Waals surface area contributed by atoms with Crippen molar-refractivity contribution in [2.75, 3.05) is 26.7 Å². The van der Waals surface area contributed by atoms with Gasteiger partial charge in [0.05, 0.1) is 5.39 Å². The van der Waals surface area contributed by atoms with E-state index in [1.165, 1.54) is 0 Å². The number of nitrogens with one attached hydrogen (secondary N) is 1. The van der Waals surface area contributed by atoms with Crippen molar-refractivity contribution >= 4 is 23.2 Å². The van der Waals surface area contributed by atoms with Crippen LogP contribution in [0.1, 0.15) is 36.7 Å². The van der Waals surface area contributed by atoms with E-state index in [9.17, 15) is 9.59 Å². The SMILES string of the molecule is CCCCN(C)C(COc1c(C=O)oc2ccccc12)C(=O)NCC1=CC=CC=CC1. The van der Waals surface area contributed by atoms with E-state index >= 15 is 0 Å². The second-order valence-electron chi connectivity index (χ2n) is 7.63. The molecule has 0 radical (unpaired) electrons. The molecule has 0 bridgehead atoms. The smallest absolute Gasteiger partial charge is 0.241 e. The molecule has 1 unspecified atom stereocenters. The van der Waals surface area contributed by atoms with Gasteiger partial charge < -0.3 is 14.5 Å². The van der Waals surface area contributed by atoms with Gasteiger partial charge in [-0.1, -0.05) is 55.9 Å². The molecule has 1 aromatic carbocycles. The van der Waals surface area contributed by atoms with Crippen molar-refractivity contribution in [3.05, 3.63) is 66.0 Å². The lowest BCUT2D eigenvalue weighted by molar-refractivity contribution is -0.126. The van der Waals surface area contributed by atoms with E-state index in [1.54, 1.807) is 6.07 Å². The molecule has 1 N–H and O–H groups in total. The number of carbonyl (C=O) groups is 2. The number of para-hydroxylation sites is 1. The molecule has 0 aliphatic heterocycles. The van der Waals surface area contributed by atoms with Gasteiger partial charge in [0.1, 0.15) is 18.2 Å². The first kappa shape index (κ1) is 22.6. The normalized spacial score (nSPS) is 14.4. The number of hydrogen-bond donors (Lipinski definition) is 1. The third-order valence-corrected chi connectivity index (χ3v) is 5.33. The van der Waals surface area contributed by atoms with Gasteiger partial charge in [0, 0.05) is 6.54 Å². The van der Waals surface area contributed by atoms with Crippen molar-refractivity contribution in [3.63, 3.8) is 0 Å². The molecule has 2 aromatic rings. The molecule has 0 fully saturated rings. The molecule has 6 nitrogen and oxygen atoms in total. The van der Waals surface area contributed by atoms with E-state index in [2.05, 4.69) is 18.3 Å². The molecule has 1 aromatic heterocycles. The number of amides is 1. The molecule has 1 aliphatic rings. The molecule has 1 heterocycles. The van der Waals surface area contributed by atoms with Gasteiger partial charge in [0.15, 0.2) is 12.0 Å². The average Bonchev–Trinajstić information content (AvgIpc) is 2.94. The Morgan fingerprint density at radius 3 is 2.94 bits per heavy atom. The number of nitrogens with zero attached hydrogens (tertiary/aromatic N) is 1. The fourth-order valence-electron chi connectivity index (χ4n) is 3.47. The Kier molecular flexibility index (Phi) is 8.24. The number of allylic oxidation sites excluding steroid dienone is 5. The molecule has 0 saturated heterocycles. The zero-order valence-electron chi connectivity index (χ0n) is 18.2. The predicted molar refractivity (Wildman–Crippen MR) is 122 cm³/mol. The number of unbranched alkanes of at least 4 members (excludes halogenated alkanes) is 1. The fraction of sp³-hybridized carbons (Fsp3) is 0.360.